The van der Waals surface area contributed by atoms with Gasteiger partial charge >= 0.3 is 0 Å². The molecule has 136 valence electrons. The first-order valence-corrected chi connectivity index (χ1v) is 10.3. The molecule has 0 radical (unpaired) electrons. The standard InChI is InChI=1S/C20H25Cl2O2P/c1-5-13-15(7-3)19(11-9-17(13)21)23-25-24-20-12-10-18(22)14(6-2)16(20)8-4/h9-12,25H,5-8H2,1-4H3. The van der Waals surface area contributed by atoms with Crippen LogP contribution in [0.2, 0.25) is 10.0 Å². The third-order valence-corrected chi connectivity index (χ3v) is 5.69. The van der Waals surface area contributed by atoms with Gasteiger partial charge in [-0.25, -0.2) is 0 Å². The van der Waals surface area contributed by atoms with Crippen molar-refractivity contribution >= 4 is 32.2 Å². The highest BCUT2D eigenvalue weighted by Crippen LogP contribution is 2.36. The molecular formula is C20H25Cl2O2P. The lowest BCUT2D eigenvalue weighted by atomic mass is 10.0. The molecule has 0 aliphatic rings. The fourth-order valence-electron chi connectivity index (χ4n) is 3.13. The number of rotatable bonds is 8. The van der Waals surface area contributed by atoms with Gasteiger partial charge < -0.3 is 9.05 Å². The molecule has 0 heterocycles. The van der Waals surface area contributed by atoms with Crippen molar-refractivity contribution < 1.29 is 9.05 Å². The van der Waals surface area contributed by atoms with Crippen LogP contribution in [0.5, 0.6) is 11.5 Å². The van der Waals surface area contributed by atoms with Gasteiger partial charge in [0, 0.05) is 10.0 Å². The van der Waals surface area contributed by atoms with E-state index < -0.39 is 0 Å². The van der Waals surface area contributed by atoms with Crippen LogP contribution in [0.25, 0.3) is 0 Å². The Morgan fingerprint density at radius 2 is 1.00 bits per heavy atom. The van der Waals surface area contributed by atoms with Gasteiger partial charge in [-0.15, -0.1) is 0 Å². The van der Waals surface area contributed by atoms with Crippen molar-refractivity contribution in [1.82, 2.24) is 0 Å². The van der Waals surface area contributed by atoms with Crippen LogP contribution in [0.3, 0.4) is 0 Å². The van der Waals surface area contributed by atoms with Crippen LogP contribution in [0.15, 0.2) is 24.3 Å². The summed E-state index contributed by atoms with van der Waals surface area (Å²) in [5.74, 6) is 1.70. The molecule has 0 fully saturated rings. The van der Waals surface area contributed by atoms with E-state index in [0.717, 1.165) is 69.5 Å². The van der Waals surface area contributed by atoms with Gasteiger partial charge in [0.05, 0.1) is 0 Å². The van der Waals surface area contributed by atoms with E-state index in [0.29, 0.717) is 0 Å². The summed E-state index contributed by atoms with van der Waals surface area (Å²) in [6, 6.07) is 7.65. The summed E-state index contributed by atoms with van der Waals surface area (Å²) in [5, 5.41) is 1.60. The molecule has 0 bridgehead atoms. The predicted octanol–water partition coefficient (Wildman–Crippen LogP) is 7.21. The lowest BCUT2D eigenvalue weighted by molar-refractivity contribution is 0.507. The normalized spacial score (nSPS) is 10.8. The number of hydrogen-bond donors (Lipinski definition) is 0. The summed E-state index contributed by atoms with van der Waals surface area (Å²) in [6.45, 7) is 8.44. The lowest BCUT2D eigenvalue weighted by Gasteiger charge is -2.17. The van der Waals surface area contributed by atoms with E-state index in [2.05, 4.69) is 27.7 Å². The van der Waals surface area contributed by atoms with E-state index in [-0.39, 0.29) is 9.03 Å². The molecule has 2 aromatic carbocycles. The van der Waals surface area contributed by atoms with Crippen LogP contribution < -0.4 is 9.05 Å². The minimum atomic E-state index is -0.111. The molecule has 0 spiro atoms. The molecule has 0 unspecified atom stereocenters. The SMILES string of the molecule is CCc1c(Cl)ccc(OPOc2ccc(Cl)c(CC)c2CC)c1CC. The molecule has 2 nitrogen and oxygen atoms in total. The van der Waals surface area contributed by atoms with Crippen molar-refractivity contribution in [1.29, 1.82) is 0 Å². The first-order valence-electron chi connectivity index (χ1n) is 8.76. The third-order valence-electron chi connectivity index (χ3n) is 4.38. The molecule has 0 aromatic heterocycles. The maximum Gasteiger partial charge on any atom is 0.275 e. The van der Waals surface area contributed by atoms with Crippen LogP contribution in [0, 0.1) is 0 Å². The van der Waals surface area contributed by atoms with Crippen molar-refractivity contribution in [3.8, 4) is 11.5 Å². The zero-order valence-electron chi connectivity index (χ0n) is 15.2. The Balaban J connectivity index is 2.17. The zero-order valence-corrected chi connectivity index (χ0v) is 17.7. The fourth-order valence-corrected chi connectivity index (χ4v) is 4.35. The monoisotopic (exact) mass is 398 g/mol. The average molecular weight is 399 g/mol. The van der Waals surface area contributed by atoms with Gasteiger partial charge in [0.1, 0.15) is 11.5 Å². The van der Waals surface area contributed by atoms with Gasteiger partial charge in [-0.2, -0.15) is 0 Å². The van der Waals surface area contributed by atoms with Gasteiger partial charge in [0.2, 0.25) is 0 Å². The second-order valence-electron chi connectivity index (χ2n) is 5.71. The summed E-state index contributed by atoms with van der Waals surface area (Å²) in [5.41, 5.74) is 4.63. The Hall–Kier alpha value is -0.950. The quantitative estimate of drug-likeness (QED) is 0.437. The van der Waals surface area contributed by atoms with Crippen molar-refractivity contribution in [2.24, 2.45) is 0 Å². The Morgan fingerprint density at radius 3 is 1.32 bits per heavy atom. The number of hydrogen-bond acceptors (Lipinski definition) is 2. The van der Waals surface area contributed by atoms with Crippen LogP contribution in [0.4, 0.5) is 0 Å². The highest BCUT2D eigenvalue weighted by molar-refractivity contribution is 7.27. The smallest absolute Gasteiger partial charge is 0.275 e. The molecule has 0 saturated heterocycles. The van der Waals surface area contributed by atoms with Gasteiger partial charge in [-0.05, 0) is 72.2 Å². The van der Waals surface area contributed by atoms with E-state index >= 15 is 0 Å². The third kappa shape index (κ3) is 4.61. The van der Waals surface area contributed by atoms with Crippen molar-refractivity contribution in [3.05, 3.63) is 56.6 Å². The lowest BCUT2D eigenvalue weighted by Crippen LogP contribution is -1.99. The zero-order chi connectivity index (χ0) is 18.4. The maximum absolute atomic E-state index is 6.30. The summed E-state index contributed by atoms with van der Waals surface area (Å²) < 4.78 is 11.9. The molecule has 0 atom stereocenters. The molecule has 25 heavy (non-hydrogen) atoms. The van der Waals surface area contributed by atoms with Crippen molar-refractivity contribution in [2.75, 3.05) is 0 Å². The molecule has 0 aliphatic carbocycles. The summed E-state index contributed by atoms with van der Waals surface area (Å²) in [7, 11) is -0.111. The second kappa shape index (κ2) is 9.67. The van der Waals surface area contributed by atoms with Gasteiger partial charge in [0.25, 0.3) is 9.03 Å². The van der Waals surface area contributed by atoms with E-state index in [1.165, 1.54) is 0 Å². The Labute approximate surface area is 162 Å². The molecule has 2 rings (SSSR count). The van der Waals surface area contributed by atoms with E-state index in [4.69, 9.17) is 32.2 Å². The summed E-state index contributed by atoms with van der Waals surface area (Å²) in [6.07, 6.45) is 3.54. The Bertz CT molecular complexity index is 671. The topological polar surface area (TPSA) is 18.5 Å². The van der Waals surface area contributed by atoms with Crippen LogP contribution >= 0.6 is 32.2 Å². The van der Waals surface area contributed by atoms with Crippen LogP contribution in [-0.2, 0) is 25.7 Å². The van der Waals surface area contributed by atoms with E-state index in [1.807, 2.05) is 24.3 Å². The molecule has 5 heteroatoms. The maximum atomic E-state index is 6.30. The number of halogens is 2. The van der Waals surface area contributed by atoms with Crippen LogP contribution in [-0.4, -0.2) is 0 Å². The van der Waals surface area contributed by atoms with Gasteiger partial charge in [0.15, 0.2) is 0 Å². The number of benzene rings is 2. The molecule has 2 aromatic rings. The average Bonchev–Trinajstić information content (AvgIpc) is 2.63. The molecular weight excluding hydrogens is 374 g/mol. The largest absolute Gasteiger partial charge is 0.440 e. The first kappa shape index (κ1) is 20.4. The minimum Gasteiger partial charge on any atom is -0.440 e. The van der Waals surface area contributed by atoms with Crippen LogP contribution in [0.1, 0.15) is 49.9 Å². The van der Waals surface area contributed by atoms with E-state index in [9.17, 15) is 0 Å². The van der Waals surface area contributed by atoms with Crippen molar-refractivity contribution in [3.63, 3.8) is 0 Å². The highest BCUT2D eigenvalue weighted by atomic mass is 35.5. The molecule has 0 saturated carbocycles. The molecule has 0 N–H and O–H groups in total. The first-order chi connectivity index (χ1) is 12.1. The predicted molar refractivity (Wildman–Crippen MR) is 110 cm³/mol. The molecule has 0 amide bonds. The second-order valence-corrected chi connectivity index (χ2v) is 7.10. The Morgan fingerprint density at radius 1 is 0.640 bits per heavy atom. The summed E-state index contributed by atoms with van der Waals surface area (Å²) >= 11 is 12.6. The van der Waals surface area contributed by atoms with Gasteiger partial charge in [-0.1, -0.05) is 50.9 Å². The minimum absolute atomic E-state index is 0.111. The Kier molecular flexibility index (Phi) is 7.87. The van der Waals surface area contributed by atoms with Crippen molar-refractivity contribution in [2.45, 2.75) is 53.4 Å². The molecule has 0 aliphatic heterocycles. The fraction of sp³-hybridized carbons (Fsp3) is 0.400. The van der Waals surface area contributed by atoms with E-state index in [1.54, 1.807) is 0 Å². The highest BCUT2D eigenvalue weighted by Gasteiger charge is 2.13. The van der Waals surface area contributed by atoms with Gasteiger partial charge in [-0.3, -0.25) is 0 Å². The summed E-state index contributed by atoms with van der Waals surface area (Å²) in [4.78, 5) is 0.